The number of halogens is 2. The van der Waals surface area contributed by atoms with E-state index in [0.717, 1.165) is 0 Å². The Balaban J connectivity index is 2.27. The second kappa shape index (κ2) is 4.53. The molecule has 0 aliphatic carbocycles. The summed E-state index contributed by atoms with van der Waals surface area (Å²) in [5.74, 6) is -0.848. The number of hydrogen-bond acceptors (Lipinski definition) is 2. The molecule has 1 aromatic carbocycles. The third-order valence-electron chi connectivity index (χ3n) is 2.92. The normalized spacial score (nSPS) is 24.1. The van der Waals surface area contributed by atoms with Gasteiger partial charge in [-0.25, -0.2) is 4.39 Å². The average Bonchev–Trinajstić information content (AvgIpc) is 2.58. The van der Waals surface area contributed by atoms with Crippen molar-refractivity contribution in [1.29, 1.82) is 0 Å². The van der Waals surface area contributed by atoms with Crippen LogP contribution >= 0.6 is 22.6 Å². The highest BCUT2D eigenvalue weighted by atomic mass is 127. The van der Waals surface area contributed by atoms with E-state index in [1.54, 1.807) is 19.1 Å². The van der Waals surface area contributed by atoms with E-state index in [9.17, 15) is 14.3 Å². The quantitative estimate of drug-likeness (QED) is 0.789. The van der Waals surface area contributed by atoms with E-state index in [0.29, 0.717) is 16.5 Å². The van der Waals surface area contributed by atoms with E-state index in [1.807, 2.05) is 22.6 Å². The Kier molecular flexibility index (Phi) is 3.40. The van der Waals surface area contributed by atoms with Gasteiger partial charge in [0.2, 0.25) is 0 Å². The monoisotopic (exact) mass is 349 g/mol. The Morgan fingerprint density at radius 2 is 2.29 bits per heavy atom. The lowest BCUT2D eigenvalue weighted by molar-refractivity contribution is 0.0569. The van der Waals surface area contributed by atoms with Crippen LogP contribution in [0.4, 0.5) is 4.39 Å². The first kappa shape index (κ1) is 12.8. The lowest BCUT2D eigenvalue weighted by Gasteiger charge is -2.19. The highest BCUT2D eigenvalue weighted by molar-refractivity contribution is 14.1. The molecule has 0 bridgehead atoms. The molecule has 1 saturated heterocycles. The number of hydrogen-bond donors (Lipinski definition) is 1. The number of aliphatic hydroxyl groups is 1. The van der Waals surface area contributed by atoms with Crippen molar-refractivity contribution >= 4 is 28.5 Å². The Morgan fingerprint density at radius 3 is 2.82 bits per heavy atom. The number of rotatable bonds is 1. The zero-order valence-electron chi connectivity index (χ0n) is 9.41. The molecule has 17 heavy (non-hydrogen) atoms. The Labute approximate surface area is 113 Å². The van der Waals surface area contributed by atoms with Crippen LogP contribution in [0, 0.1) is 9.39 Å². The first-order valence-electron chi connectivity index (χ1n) is 5.36. The molecule has 1 N–H and O–H groups in total. The van der Waals surface area contributed by atoms with E-state index in [4.69, 9.17) is 0 Å². The zero-order valence-corrected chi connectivity index (χ0v) is 11.6. The SMILES string of the molecule is C[C@]1(O)CCN(C(=O)c2c(F)cccc2I)C1. The van der Waals surface area contributed by atoms with Crippen molar-refractivity contribution in [2.75, 3.05) is 13.1 Å². The second-order valence-corrected chi connectivity index (χ2v) is 5.73. The third-order valence-corrected chi connectivity index (χ3v) is 3.81. The van der Waals surface area contributed by atoms with E-state index in [2.05, 4.69) is 0 Å². The van der Waals surface area contributed by atoms with Crippen LogP contribution in [-0.2, 0) is 0 Å². The Morgan fingerprint density at radius 1 is 1.59 bits per heavy atom. The number of carbonyl (C=O) groups is 1. The molecule has 0 radical (unpaired) electrons. The summed E-state index contributed by atoms with van der Waals surface area (Å²) >= 11 is 1.95. The maximum Gasteiger partial charge on any atom is 0.258 e. The summed E-state index contributed by atoms with van der Waals surface area (Å²) < 4.78 is 14.2. The Hall–Kier alpha value is -0.690. The smallest absolute Gasteiger partial charge is 0.258 e. The summed E-state index contributed by atoms with van der Waals surface area (Å²) in [5, 5.41) is 9.81. The van der Waals surface area contributed by atoms with Gasteiger partial charge in [0.1, 0.15) is 5.82 Å². The molecule has 0 unspecified atom stereocenters. The minimum absolute atomic E-state index is 0.103. The average molecular weight is 349 g/mol. The summed E-state index contributed by atoms with van der Waals surface area (Å²) in [6.45, 7) is 2.42. The van der Waals surface area contributed by atoms with E-state index in [1.165, 1.54) is 11.0 Å². The van der Waals surface area contributed by atoms with Crippen molar-refractivity contribution in [3.8, 4) is 0 Å². The zero-order chi connectivity index (χ0) is 12.6. The van der Waals surface area contributed by atoms with Gasteiger partial charge in [-0.15, -0.1) is 0 Å². The van der Waals surface area contributed by atoms with E-state index < -0.39 is 11.4 Å². The summed E-state index contributed by atoms with van der Waals surface area (Å²) in [6.07, 6.45) is 0.532. The van der Waals surface area contributed by atoms with Crippen molar-refractivity contribution < 1.29 is 14.3 Å². The number of amides is 1. The van der Waals surface area contributed by atoms with Gasteiger partial charge >= 0.3 is 0 Å². The van der Waals surface area contributed by atoms with Gasteiger partial charge in [-0.05, 0) is 48.1 Å². The van der Waals surface area contributed by atoms with Crippen LogP contribution in [0.2, 0.25) is 0 Å². The number of nitrogens with zero attached hydrogens (tertiary/aromatic N) is 1. The molecular weight excluding hydrogens is 336 g/mol. The summed E-state index contributed by atoms with van der Waals surface area (Å²) in [7, 11) is 0. The lowest BCUT2D eigenvalue weighted by atomic mass is 10.1. The molecule has 3 nitrogen and oxygen atoms in total. The molecule has 0 saturated carbocycles. The van der Waals surface area contributed by atoms with Gasteiger partial charge in [0.25, 0.3) is 5.91 Å². The topological polar surface area (TPSA) is 40.5 Å². The summed E-state index contributed by atoms with van der Waals surface area (Å²) in [6, 6.07) is 4.56. The van der Waals surface area contributed by atoms with Gasteiger partial charge in [0, 0.05) is 16.7 Å². The molecule has 1 aromatic rings. The number of benzene rings is 1. The molecule has 1 fully saturated rings. The van der Waals surface area contributed by atoms with Crippen LogP contribution in [0.25, 0.3) is 0 Å². The summed E-state index contributed by atoms with van der Waals surface area (Å²) in [5.41, 5.74) is -0.752. The molecule has 1 heterocycles. The van der Waals surface area contributed by atoms with Crippen LogP contribution in [0.3, 0.4) is 0 Å². The lowest BCUT2D eigenvalue weighted by Crippen LogP contribution is -2.34. The van der Waals surface area contributed by atoms with Gasteiger partial charge in [-0.2, -0.15) is 0 Å². The molecule has 1 aliphatic rings. The van der Waals surface area contributed by atoms with E-state index >= 15 is 0 Å². The molecule has 92 valence electrons. The van der Waals surface area contributed by atoms with E-state index in [-0.39, 0.29) is 18.0 Å². The molecule has 0 spiro atoms. The van der Waals surface area contributed by atoms with Crippen LogP contribution < -0.4 is 0 Å². The number of β-amino-alcohol motifs (C(OH)–C–C–N with tert-alkyl or cyclic N) is 1. The van der Waals surface area contributed by atoms with Crippen molar-refractivity contribution in [3.63, 3.8) is 0 Å². The third kappa shape index (κ3) is 2.60. The minimum Gasteiger partial charge on any atom is -0.388 e. The maximum absolute atomic E-state index is 13.6. The van der Waals surface area contributed by atoms with Gasteiger partial charge in [-0.1, -0.05) is 6.07 Å². The first-order chi connectivity index (χ1) is 7.91. The highest BCUT2D eigenvalue weighted by Gasteiger charge is 2.35. The maximum atomic E-state index is 13.6. The fourth-order valence-corrected chi connectivity index (χ4v) is 2.67. The van der Waals surface area contributed by atoms with Crippen LogP contribution in [0.5, 0.6) is 0 Å². The fraction of sp³-hybridized carbons (Fsp3) is 0.417. The number of carbonyl (C=O) groups excluding carboxylic acids is 1. The predicted molar refractivity (Wildman–Crippen MR) is 70.3 cm³/mol. The van der Waals surface area contributed by atoms with Gasteiger partial charge in [-0.3, -0.25) is 4.79 Å². The van der Waals surface area contributed by atoms with Crippen LogP contribution in [0.15, 0.2) is 18.2 Å². The predicted octanol–water partition coefficient (Wildman–Crippen LogP) is 2.03. The van der Waals surface area contributed by atoms with Gasteiger partial charge in [0.15, 0.2) is 0 Å². The molecule has 1 atom stereocenters. The van der Waals surface area contributed by atoms with Crippen molar-refractivity contribution in [1.82, 2.24) is 4.90 Å². The Bertz CT molecular complexity index is 442. The largest absolute Gasteiger partial charge is 0.388 e. The molecule has 5 heteroatoms. The second-order valence-electron chi connectivity index (χ2n) is 4.57. The number of likely N-dealkylation sites (tertiary alicyclic amines) is 1. The first-order valence-corrected chi connectivity index (χ1v) is 6.44. The molecular formula is C12H13FINO2. The molecule has 1 aliphatic heterocycles. The van der Waals surface area contributed by atoms with Crippen molar-refractivity contribution in [2.45, 2.75) is 18.9 Å². The van der Waals surface area contributed by atoms with Crippen molar-refractivity contribution in [3.05, 3.63) is 33.1 Å². The summed E-state index contributed by atoms with van der Waals surface area (Å²) in [4.78, 5) is 13.6. The van der Waals surface area contributed by atoms with Gasteiger partial charge in [0.05, 0.1) is 11.2 Å². The highest BCUT2D eigenvalue weighted by Crippen LogP contribution is 2.24. The fourth-order valence-electron chi connectivity index (χ4n) is 1.98. The van der Waals surface area contributed by atoms with Gasteiger partial charge < -0.3 is 10.0 Å². The molecule has 0 aromatic heterocycles. The molecule has 1 amide bonds. The van der Waals surface area contributed by atoms with Crippen LogP contribution in [-0.4, -0.2) is 34.6 Å². The standard InChI is InChI=1S/C12H13FINO2/c1-12(17)5-6-15(7-12)11(16)10-8(13)3-2-4-9(10)14/h2-4,17H,5-7H2,1H3/t12-/m0/s1. The van der Waals surface area contributed by atoms with Crippen LogP contribution in [0.1, 0.15) is 23.7 Å². The minimum atomic E-state index is -0.855. The van der Waals surface area contributed by atoms with Crippen molar-refractivity contribution in [2.24, 2.45) is 0 Å². The molecule has 2 rings (SSSR count).